The number of ether oxygens (including phenoxy) is 1. The summed E-state index contributed by atoms with van der Waals surface area (Å²) >= 11 is 1.16. The number of aliphatic carboxylic acids is 1. The van der Waals surface area contributed by atoms with Crippen molar-refractivity contribution in [2.75, 3.05) is 0 Å². The van der Waals surface area contributed by atoms with E-state index in [0.717, 1.165) is 28.3 Å². The van der Waals surface area contributed by atoms with E-state index < -0.39 is 11.2 Å². The molecule has 0 unspecified atom stereocenters. The lowest BCUT2D eigenvalue weighted by Crippen LogP contribution is -2.12. The van der Waals surface area contributed by atoms with Crippen molar-refractivity contribution in [3.63, 3.8) is 0 Å². The molecule has 2 aromatic carbocycles. The topological polar surface area (TPSA) is 77.2 Å². The molecule has 24 heavy (non-hydrogen) atoms. The molecule has 0 aliphatic heterocycles. The Bertz CT molecular complexity index is 878. The Morgan fingerprint density at radius 3 is 2.75 bits per heavy atom. The number of aromatic nitrogens is 3. The van der Waals surface area contributed by atoms with Gasteiger partial charge < -0.3 is 14.4 Å². The van der Waals surface area contributed by atoms with Gasteiger partial charge in [-0.1, -0.05) is 42.1 Å². The third kappa shape index (κ3) is 3.51. The molecule has 1 atom stereocenters. The highest BCUT2D eigenvalue weighted by Gasteiger charge is 2.18. The molecule has 0 radical (unpaired) electrons. The zero-order valence-corrected chi connectivity index (χ0v) is 14.2. The molecule has 0 saturated heterocycles. The molecule has 0 aliphatic carbocycles. The van der Waals surface area contributed by atoms with E-state index in [1.807, 2.05) is 36.4 Å². The highest BCUT2D eigenvalue weighted by molar-refractivity contribution is 8.00. The first-order valence-corrected chi connectivity index (χ1v) is 8.32. The summed E-state index contributed by atoms with van der Waals surface area (Å²) in [7, 11) is 1.80. The second-order valence-electron chi connectivity index (χ2n) is 5.35. The molecular formula is C17H17N3O3S. The lowest BCUT2D eigenvalue weighted by molar-refractivity contribution is -0.136. The number of hydrogen-bond acceptors (Lipinski definition) is 5. The van der Waals surface area contributed by atoms with Crippen LogP contribution in [-0.4, -0.2) is 31.1 Å². The summed E-state index contributed by atoms with van der Waals surface area (Å²) < 4.78 is 7.55. The Labute approximate surface area is 143 Å². The third-order valence-electron chi connectivity index (χ3n) is 3.64. The van der Waals surface area contributed by atoms with Crippen molar-refractivity contribution in [1.29, 1.82) is 0 Å². The summed E-state index contributed by atoms with van der Waals surface area (Å²) in [4.78, 5) is 10.9. The maximum absolute atomic E-state index is 10.9. The van der Waals surface area contributed by atoms with Crippen LogP contribution >= 0.6 is 11.8 Å². The summed E-state index contributed by atoms with van der Waals surface area (Å²) in [6.07, 6.45) is 0. The Balaban J connectivity index is 1.69. The van der Waals surface area contributed by atoms with E-state index in [0.29, 0.717) is 11.0 Å². The standard InChI is InChI=1S/C17H17N3O3S/c1-11(16(21)22)24-17-19-18-15(20(17)2)10-23-14-8-7-12-5-3-4-6-13(12)9-14/h3-9,11H,10H2,1-2H3,(H,21,22)/t11-/m1/s1. The van der Waals surface area contributed by atoms with E-state index in [2.05, 4.69) is 16.3 Å². The van der Waals surface area contributed by atoms with Crippen molar-refractivity contribution in [2.45, 2.75) is 23.9 Å². The zero-order chi connectivity index (χ0) is 17.1. The Morgan fingerprint density at radius 2 is 2.00 bits per heavy atom. The first-order valence-electron chi connectivity index (χ1n) is 7.44. The molecule has 7 heteroatoms. The highest BCUT2D eigenvalue weighted by Crippen LogP contribution is 2.23. The van der Waals surface area contributed by atoms with Crippen LogP contribution in [0.4, 0.5) is 0 Å². The van der Waals surface area contributed by atoms with Gasteiger partial charge >= 0.3 is 5.97 Å². The van der Waals surface area contributed by atoms with Crippen molar-refractivity contribution in [3.05, 3.63) is 48.3 Å². The molecule has 0 fully saturated rings. The van der Waals surface area contributed by atoms with Gasteiger partial charge in [-0.2, -0.15) is 0 Å². The SMILES string of the molecule is C[C@@H](Sc1nnc(COc2ccc3ccccc3c2)n1C)C(=O)O. The lowest BCUT2D eigenvalue weighted by atomic mass is 10.1. The van der Waals surface area contributed by atoms with Crippen LogP contribution in [0.5, 0.6) is 5.75 Å². The number of rotatable bonds is 6. The van der Waals surface area contributed by atoms with Crippen LogP contribution in [0.15, 0.2) is 47.6 Å². The minimum absolute atomic E-state index is 0.268. The molecule has 0 bridgehead atoms. The van der Waals surface area contributed by atoms with E-state index in [-0.39, 0.29) is 6.61 Å². The van der Waals surface area contributed by atoms with E-state index in [1.165, 1.54) is 0 Å². The Morgan fingerprint density at radius 1 is 1.25 bits per heavy atom. The molecular weight excluding hydrogens is 326 g/mol. The van der Waals surface area contributed by atoms with E-state index in [9.17, 15) is 4.79 Å². The van der Waals surface area contributed by atoms with Crippen LogP contribution in [0.2, 0.25) is 0 Å². The molecule has 124 valence electrons. The van der Waals surface area contributed by atoms with Crippen LogP contribution in [-0.2, 0) is 18.4 Å². The van der Waals surface area contributed by atoms with Gasteiger partial charge in [-0.15, -0.1) is 10.2 Å². The number of fused-ring (bicyclic) bond motifs is 1. The van der Waals surface area contributed by atoms with Gasteiger partial charge in [0.1, 0.15) is 17.6 Å². The van der Waals surface area contributed by atoms with Gasteiger partial charge in [-0.05, 0) is 29.8 Å². The van der Waals surface area contributed by atoms with E-state index in [1.54, 1.807) is 18.5 Å². The maximum atomic E-state index is 10.9. The molecule has 0 amide bonds. The van der Waals surface area contributed by atoms with Gasteiger partial charge in [-0.3, -0.25) is 4.79 Å². The first kappa shape index (κ1) is 16.3. The average molecular weight is 343 g/mol. The number of carbonyl (C=O) groups is 1. The van der Waals surface area contributed by atoms with Gasteiger partial charge in [0, 0.05) is 7.05 Å². The molecule has 6 nitrogen and oxygen atoms in total. The lowest BCUT2D eigenvalue weighted by Gasteiger charge is -2.08. The van der Waals surface area contributed by atoms with E-state index >= 15 is 0 Å². The molecule has 3 rings (SSSR count). The summed E-state index contributed by atoms with van der Waals surface area (Å²) in [5.41, 5.74) is 0. The van der Waals surface area contributed by atoms with E-state index in [4.69, 9.17) is 9.84 Å². The van der Waals surface area contributed by atoms with Crippen molar-refractivity contribution < 1.29 is 14.6 Å². The molecule has 0 saturated carbocycles. The number of carboxylic acids is 1. The summed E-state index contributed by atoms with van der Waals surface area (Å²) in [5.74, 6) is 0.519. The number of carboxylic acid groups (broad SMARTS) is 1. The average Bonchev–Trinajstić information content (AvgIpc) is 2.93. The molecule has 1 N–H and O–H groups in total. The molecule has 0 aliphatic rings. The zero-order valence-electron chi connectivity index (χ0n) is 13.3. The Kier molecular flexibility index (Phi) is 4.71. The predicted molar refractivity (Wildman–Crippen MR) is 92.2 cm³/mol. The normalized spacial score (nSPS) is 12.2. The van der Waals surface area contributed by atoms with Crippen molar-refractivity contribution in [3.8, 4) is 5.75 Å². The van der Waals surface area contributed by atoms with Crippen LogP contribution < -0.4 is 4.74 Å². The largest absolute Gasteiger partial charge is 0.486 e. The van der Waals surface area contributed by atoms with Crippen LogP contribution in [0.1, 0.15) is 12.7 Å². The number of benzene rings is 2. The number of nitrogens with zero attached hydrogens (tertiary/aromatic N) is 3. The fourth-order valence-electron chi connectivity index (χ4n) is 2.19. The second-order valence-corrected chi connectivity index (χ2v) is 6.66. The quantitative estimate of drug-likeness (QED) is 0.693. The van der Waals surface area contributed by atoms with Crippen molar-refractivity contribution >= 4 is 28.5 Å². The molecule has 1 aromatic heterocycles. The highest BCUT2D eigenvalue weighted by atomic mass is 32.2. The number of hydrogen-bond donors (Lipinski definition) is 1. The van der Waals surface area contributed by atoms with Gasteiger partial charge in [0.15, 0.2) is 11.0 Å². The van der Waals surface area contributed by atoms with Crippen LogP contribution in [0.25, 0.3) is 10.8 Å². The molecule has 3 aromatic rings. The van der Waals surface area contributed by atoms with Crippen molar-refractivity contribution in [2.24, 2.45) is 7.05 Å². The molecule has 1 heterocycles. The van der Waals surface area contributed by atoms with Gasteiger partial charge in [0.2, 0.25) is 0 Å². The maximum Gasteiger partial charge on any atom is 0.316 e. The monoisotopic (exact) mass is 343 g/mol. The van der Waals surface area contributed by atoms with Crippen LogP contribution in [0.3, 0.4) is 0 Å². The fraction of sp³-hybridized carbons (Fsp3) is 0.235. The summed E-state index contributed by atoms with van der Waals surface area (Å²) in [6, 6.07) is 14.0. The van der Waals surface area contributed by atoms with Gasteiger partial charge in [0.05, 0.1) is 0 Å². The molecule has 0 spiro atoms. The summed E-state index contributed by atoms with van der Waals surface area (Å²) in [6.45, 7) is 1.89. The third-order valence-corrected chi connectivity index (χ3v) is 4.77. The van der Waals surface area contributed by atoms with Crippen molar-refractivity contribution in [1.82, 2.24) is 14.8 Å². The first-order chi connectivity index (χ1) is 11.5. The van der Waals surface area contributed by atoms with Gasteiger partial charge in [0.25, 0.3) is 0 Å². The Hall–Kier alpha value is -2.54. The minimum Gasteiger partial charge on any atom is -0.486 e. The fourth-order valence-corrected chi connectivity index (χ4v) is 2.96. The predicted octanol–water partition coefficient (Wildman–Crippen LogP) is 3.11. The van der Waals surface area contributed by atoms with Gasteiger partial charge in [-0.25, -0.2) is 0 Å². The smallest absolute Gasteiger partial charge is 0.316 e. The van der Waals surface area contributed by atoms with Crippen LogP contribution in [0, 0.1) is 0 Å². The summed E-state index contributed by atoms with van der Waals surface area (Å²) in [5, 5.41) is 19.3. The minimum atomic E-state index is -0.878. The second kappa shape index (κ2) is 6.92. The number of thioether (sulfide) groups is 1.